The van der Waals surface area contributed by atoms with Crippen molar-refractivity contribution < 1.29 is 14.6 Å². The number of rotatable bonds is 8. The molecule has 0 bridgehead atoms. The maximum atomic E-state index is 12.9. The third kappa shape index (κ3) is 5.09. The molecule has 0 spiro atoms. The van der Waals surface area contributed by atoms with E-state index in [1.807, 2.05) is 12.1 Å². The number of fused-ring (bicyclic) bond motifs is 8. The van der Waals surface area contributed by atoms with Gasteiger partial charge < -0.3 is 9.84 Å². The highest BCUT2D eigenvalue weighted by Gasteiger charge is 2.70. The van der Waals surface area contributed by atoms with Gasteiger partial charge in [-0.15, -0.1) is 0 Å². The molecule has 6 rings (SSSR count). The van der Waals surface area contributed by atoms with Crippen molar-refractivity contribution in [1.29, 1.82) is 0 Å². The van der Waals surface area contributed by atoms with Crippen LogP contribution in [0.15, 0.2) is 42.5 Å². The van der Waals surface area contributed by atoms with Crippen LogP contribution in [-0.4, -0.2) is 17.2 Å². The normalized spacial score (nSPS) is 41.1. The van der Waals surface area contributed by atoms with E-state index in [0.29, 0.717) is 17.3 Å². The van der Waals surface area contributed by atoms with Gasteiger partial charge in [-0.05, 0) is 153 Å². The van der Waals surface area contributed by atoms with Gasteiger partial charge in [-0.25, -0.2) is 4.79 Å². The number of carbonyl (C=O) groups excluding carboxylic acids is 1. The van der Waals surface area contributed by atoms with Gasteiger partial charge >= 0.3 is 5.97 Å². The van der Waals surface area contributed by atoms with Gasteiger partial charge in [0.2, 0.25) is 0 Å². The molecule has 0 radical (unpaired) electrons. The van der Waals surface area contributed by atoms with E-state index in [9.17, 15) is 9.90 Å². The highest BCUT2D eigenvalue weighted by molar-refractivity contribution is 5.87. The minimum absolute atomic E-state index is 0.00770. The first-order chi connectivity index (χ1) is 19.9. The SMILES string of the molecule is C=C(C)C(C)CCC(C)C1CCC2C3CCC4C(CCC(OC(=O)/C=C/c5ccc(O)cc5)C4(C)C)C3C3CC3C12C. The van der Waals surface area contributed by atoms with Gasteiger partial charge in [0.05, 0.1) is 0 Å². The van der Waals surface area contributed by atoms with Gasteiger partial charge in [0.1, 0.15) is 11.9 Å². The van der Waals surface area contributed by atoms with Crippen LogP contribution in [0, 0.1) is 70.0 Å². The lowest BCUT2D eigenvalue weighted by Gasteiger charge is -2.60. The third-order valence-electron chi connectivity index (χ3n) is 14.0. The number of phenolic OH excluding ortho intramolecular Hbond substituents is 1. The van der Waals surface area contributed by atoms with E-state index in [4.69, 9.17) is 4.74 Å². The Bertz CT molecular complexity index is 1190. The highest BCUT2D eigenvalue weighted by Crippen LogP contribution is 2.76. The van der Waals surface area contributed by atoms with E-state index in [-0.39, 0.29) is 23.2 Å². The minimum Gasteiger partial charge on any atom is -0.508 e. The van der Waals surface area contributed by atoms with Crippen LogP contribution in [0.4, 0.5) is 0 Å². The molecule has 0 amide bonds. The first-order valence-corrected chi connectivity index (χ1v) is 17.3. The fraction of sp³-hybridized carbons (Fsp3) is 0.718. The van der Waals surface area contributed by atoms with Crippen LogP contribution in [0.2, 0.25) is 0 Å². The molecule has 42 heavy (non-hydrogen) atoms. The van der Waals surface area contributed by atoms with E-state index < -0.39 is 0 Å². The zero-order chi connectivity index (χ0) is 30.0. The van der Waals surface area contributed by atoms with Crippen LogP contribution in [0.1, 0.15) is 105 Å². The Morgan fingerprint density at radius 1 is 0.952 bits per heavy atom. The summed E-state index contributed by atoms with van der Waals surface area (Å²) in [6.45, 7) is 18.9. The second-order valence-electron chi connectivity index (χ2n) is 16.3. The lowest BCUT2D eigenvalue weighted by Crippen LogP contribution is -2.56. The summed E-state index contributed by atoms with van der Waals surface area (Å²) in [5, 5.41) is 9.52. The van der Waals surface area contributed by atoms with Crippen molar-refractivity contribution in [1.82, 2.24) is 0 Å². The summed E-state index contributed by atoms with van der Waals surface area (Å²) in [5.74, 6) is 8.41. The number of hydrogen-bond donors (Lipinski definition) is 1. The summed E-state index contributed by atoms with van der Waals surface area (Å²) < 4.78 is 6.17. The zero-order valence-electron chi connectivity index (χ0n) is 27.1. The smallest absolute Gasteiger partial charge is 0.331 e. The topological polar surface area (TPSA) is 46.5 Å². The monoisotopic (exact) mass is 572 g/mol. The number of carbonyl (C=O) groups is 1. The molecule has 1 aromatic rings. The van der Waals surface area contributed by atoms with E-state index in [0.717, 1.165) is 59.3 Å². The van der Waals surface area contributed by atoms with Gasteiger partial charge in [-0.1, -0.05) is 58.9 Å². The summed E-state index contributed by atoms with van der Waals surface area (Å²) in [5.41, 5.74) is 2.79. The lowest BCUT2D eigenvalue weighted by molar-refractivity contribution is -0.171. The molecule has 230 valence electrons. The molecule has 0 aromatic heterocycles. The Morgan fingerprint density at radius 2 is 1.62 bits per heavy atom. The summed E-state index contributed by atoms with van der Waals surface area (Å²) in [6.07, 6.45) is 15.3. The van der Waals surface area contributed by atoms with Crippen molar-refractivity contribution in [3.05, 3.63) is 48.1 Å². The molecule has 5 aliphatic rings. The van der Waals surface area contributed by atoms with Crippen molar-refractivity contribution >= 4 is 12.0 Å². The molecule has 3 heteroatoms. The Morgan fingerprint density at radius 3 is 2.33 bits per heavy atom. The molecule has 1 N–H and O–H groups in total. The predicted molar refractivity (Wildman–Crippen MR) is 172 cm³/mol. The first-order valence-electron chi connectivity index (χ1n) is 17.3. The number of hydrogen-bond acceptors (Lipinski definition) is 3. The second kappa shape index (κ2) is 11.2. The van der Waals surface area contributed by atoms with Crippen LogP contribution in [0.5, 0.6) is 5.75 Å². The molecule has 5 saturated carbocycles. The van der Waals surface area contributed by atoms with Crippen molar-refractivity contribution in [2.75, 3.05) is 0 Å². The van der Waals surface area contributed by atoms with Crippen LogP contribution in [-0.2, 0) is 9.53 Å². The van der Waals surface area contributed by atoms with Gasteiger partial charge in [0.25, 0.3) is 0 Å². The molecule has 12 unspecified atom stereocenters. The van der Waals surface area contributed by atoms with Crippen molar-refractivity contribution in [2.45, 2.75) is 105 Å². The van der Waals surface area contributed by atoms with E-state index >= 15 is 0 Å². The van der Waals surface area contributed by atoms with Crippen LogP contribution >= 0.6 is 0 Å². The first kappa shape index (κ1) is 30.0. The Kier molecular flexibility index (Phi) is 7.97. The highest BCUT2D eigenvalue weighted by atomic mass is 16.5. The third-order valence-corrected chi connectivity index (χ3v) is 14.0. The van der Waals surface area contributed by atoms with Crippen LogP contribution < -0.4 is 0 Å². The van der Waals surface area contributed by atoms with Gasteiger partial charge in [-0.3, -0.25) is 0 Å². The minimum atomic E-state index is -0.243. The van der Waals surface area contributed by atoms with E-state index in [1.165, 1.54) is 56.9 Å². The maximum Gasteiger partial charge on any atom is 0.331 e. The van der Waals surface area contributed by atoms with Crippen molar-refractivity contribution in [3.63, 3.8) is 0 Å². The molecule has 5 aliphatic carbocycles. The summed E-state index contributed by atoms with van der Waals surface area (Å²) in [4.78, 5) is 12.9. The molecule has 0 saturated heterocycles. The number of allylic oxidation sites excluding steroid dienone is 1. The fourth-order valence-electron chi connectivity index (χ4n) is 11.6. The number of aromatic hydroxyl groups is 1. The summed E-state index contributed by atoms with van der Waals surface area (Å²) >= 11 is 0. The van der Waals surface area contributed by atoms with Gasteiger partial charge in [-0.2, -0.15) is 0 Å². The van der Waals surface area contributed by atoms with Crippen molar-refractivity contribution in [2.24, 2.45) is 70.0 Å². The summed E-state index contributed by atoms with van der Waals surface area (Å²) in [7, 11) is 0. The van der Waals surface area contributed by atoms with Crippen molar-refractivity contribution in [3.8, 4) is 5.75 Å². The molecular formula is C39H56O3. The molecule has 0 aliphatic heterocycles. The Labute approximate surface area is 255 Å². The average molecular weight is 573 g/mol. The fourth-order valence-corrected chi connectivity index (χ4v) is 11.6. The number of benzene rings is 1. The largest absolute Gasteiger partial charge is 0.508 e. The van der Waals surface area contributed by atoms with E-state index in [2.05, 4.69) is 48.1 Å². The van der Waals surface area contributed by atoms with E-state index in [1.54, 1.807) is 24.3 Å². The molecule has 1 aromatic carbocycles. The number of esters is 1. The molecule has 5 fully saturated rings. The van der Waals surface area contributed by atoms with Crippen LogP contribution in [0.25, 0.3) is 6.08 Å². The molecule has 0 heterocycles. The van der Waals surface area contributed by atoms with Crippen LogP contribution in [0.3, 0.4) is 0 Å². The standard InChI is InChI=1S/C39H56O3/c1-23(2)24(3)8-9-25(4)31-18-19-33-29-15-17-32-28(37(29)30-22-34(30)39(31,33)7)16-20-35(38(32,5)6)42-36(41)21-12-26-10-13-27(40)14-11-26/h10-14,21,24-25,28-35,37,40H,1,8-9,15-20,22H2,2-7H3/b21-12+. The lowest BCUT2D eigenvalue weighted by atomic mass is 9.46. The number of phenols is 1. The van der Waals surface area contributed by atoms with Gasteiger partial charge in [0, 0.05) is 11.5 Å². The maximum absolute atomic E-state index is 12.9. The Hall–Kier alpha value is -2.03. The van der Waals surface area contributed by atoms with Gasteiger partial charge in [0.15, 0.2) is 0 Å². The zero-order valence-corrected chi connectivity index (χ0v) is 27.1. The second-order valence-corrected chi connectivity index (χ2v) is 16.3. The number of ether oxygens (including phenoxy) is 1. The molecule has 12 atom stereocenters. The Balaban J connectivity index is 1.12. The predicted octanol–water partition coefficient (Wildman–Crippen LogP) is 9.71. The average Bonchev–Trinajstić information content (AvgIpc) is 3.68. The molecular weight excluding hydrogens is 516 g/mol. The summed E-state index contributed by atoms with van der Waals surface area (Å²) in [6, 6.07) is 6.90. The quantitative estimate of drug-likeness (QED) is 0.192. The molecule has 3 nitrogen and oxygen atoms in total.